The first kappa shape index (κ1) is 10.8. The van der Waals surface area contributed by atoms with E-state index in [1.165, 1.54) is 12.1 Å². The largest absolute Gasteiger partial charge is 0.336 e. The minimum absolute atomic E-state index is 0.253. The molecule has 84 valence electrons. The summed E-state index contributed by atoms with van der Waals surface area (Å²) in [5.74, 6) is -1.24. The third-order valence-electron chi connectivity index (χ3n) is 2.44. The van der Waals surface area contributed by atoms with Gasteiger partial charge in [0, 0.05) is 25.2 Å². The Morgan fingerprint density at radius 1 is 1.38 bits per heavy atom. The summed E-state index contributed by atoms with van der Waals surface area (Å²) in [6.45, 7) is 0.253. The Balaban J connectivity index is 2.58. The van der Waals surface area contributed by atoms with E-state index < -0.39 is 11.6 Å². The number of hydrogen-bond acceptors (Lipinski definition) is 2. The van der Waals surface area contributed by atoms with Gasteiger partial charge in [-0.05, 0) is 12.1 Å². The molecule has 0 saturated heterocycles. The number of aryl methyl sites for hydroxylation is 1. The molecule has 0 aliphatic rings. The van der Waals surface area contributed by atoms with Gasteiger partial charge in [-0.2, -0.15) is 0 Å². The fourth-order valence-electron chi connectivity index (χ4n) is 1.60. The van der Waals surface area contributed by atoms with Crippen LogP contribution in [0.4, 0.5) is 8.78 Å². The van der Waals surface area contributed by atoms with Crippen molar-refractivity contribution in [2.45, 2.75) is 6.54 Å². The highest BCUT2D eigenvalue weighted by Gasteiger charge is 2.13. The number of aromatic nitrogens is 2. The van der Waals surface area contributed by atoms with Crippen LogP contribution >= 0.6 is 0 Å². The molecule has 0 unspecified atom stereocenters. The zero-order valence-corrected chi connectivity index (χ0v) is 8.74. The van der Waals surface area contributed by atoms with Crippen molar-refractivity contribution < 1.29 is 8.78 Å². The van der Waals surface area contributed by atoms with Crippen molar-refractivity contribution in [1.82, 2.24) is 9.55 Å². The van der Waals surface area contributed by atoms with E-state index in [0.717, 1.165) is 6.07 Å². The lowest BCUT2D eigenvalue weighted by atomic mass is 10.1. The van der Waals surface area contributed by atoms with Crippen molar-refractivity contribution in [3.05, 3.63) is 41.9 Å². The minimum atomic E-state index is -0.631. The van der Waals surface area contributed by atoms with Gasteiger partial charge in [0.1, 0.15) is 11.6 Å². The molecule has 0 radical (unpaired) electrons. The van der Waals surface area contributed by atoms with Gasteiger partial charge in [0.05, 0.1) is 17.7 Å². The van der Waals surface area contributed by atoms with Crippen LogP contribution in [0.1, 0.15) is 5.69 Å². The lowest BCUT2D eigenvalue weighted by Gasteiger charge is -2.04. The highest BCUT2D eigenvalue weighted by molar-refractivity contribution is 5.62. The smallest absolute Gasteiger partial charge is 0.135 e. The molecule has 2 rings (SSSR count). The maximum Gasteiger partial charge on any atom is 0.135 e. The Kier molecular flexibility index (Phi) is 2.70. The summed E-state index contributed by atoms with van der Waals surface area (Å²) in [7, 11) is 1.78. The van der Waals surface area contributed by atoms with Crippen LogP contribution < -0.4 is 5.73 Å². The maximum atomic E-state index is 13.5. The van der Waals surface area contributed by atoms with Crippen LogP contribution in [0.15, 0.2) is 24.5 Å². The van der Waals surface area contributed by atoms with E-state index >= 15 is 0 Å². The molecule has 0 spiro atoms. The molecule has 0 aliphatic heterocycles. The van der Waals surface area contributed by atoms with Crippen LogP contribution in [-0.2, 0) is 13.6 Å². The molecule has 16 heavy (non-hydrogen) atoms. The zero-order chi connectivity index (χ0) is 11.7. The lowest BCUT2D eigenvalue weighted by Crippen LogP contribution is -2.04. The zero-order valence-electron chi connectivity index (χ0n) is 8.74. The molecule has 0 bridgehead atoms. The Morgan fingerprint density at radius 2 is 2.12 bits per heavy atom. The van der Waals surface area contributed by atoms with Gasteiger partial charge in [-0.25, -0.2) is 13.8 Å². The fraction of sp³-hybridized carbons (Fsp3) is 0.182. The highest BCUT2D eigenvalue weighted by atomic mass is 19.1. The van der Waals surface area contributed by atoms with E-state index in [1.807, 2.05) is 0 Å². The summed E-state index contributed by atoms with van der Waals surface area (Å²) in [5, 5.41) is 0. The van der Waals surface area contributed by atoms with Gasteiger partial charge in [-0.15, -0.1) is 0 Å². The van der Waals surface area contributed by atoms with Crippen LogP contribution in [0.25, 0.3) is 11.3 Å². The first-order valence-corrected chi connectivity index (χ1v) is 4.79. The first-order valence-electron chi connectivity index (χ1n) is 4.79. The molecule has 2 N–H and O–H groups in total. The van der Waals surface area contributed by atoms with Gasteiger partial charge in [0.15, 0.2) is 0 Å². The van der Waals surface area contributed by atoms with Crippen LogP contribution in [0.5, 0.6) is 0 Å². The van der Waals surface area contributed by atoms with Crippen molar-refractivity contribution in [2.24, 2.45) is 12.8 Å². The van der Waals surface area contributed by atoms with Crippen molar-refractivity contribution in [1.29, 1.82) is 0 Å². The Morgan fingerprint density at radius 3 is 2.75 bits per heavy atom. The van der Waals surface area contributed by atoms with Gasteiger partial charge >= 0.3 is 0 Å². The molecule has 0 fully saturated rings. The summed E-state index contributed by atoms with van der Waals surface area (Å²) < 4.78 is 28.0. The number of imidazole rings is 1. The predicted molar refractivity (Wildman–Crippen MR) is 56.5 cm³/mol. The summed E-state index contributed by atoms with van der Waals surface area (Å²) in [5.41, 5.74) is 7.00. The lowest BCUT2D eigenvalue weighted by molar-refractivity contribution is 0.585. The van der Waals surface area contributed by atoms with Crippen LogP contribution in [-0.4, -0.2) is 9.55 Å². The molecule has 3 nitrogen and oxygen atoms in total. The predicted octanol–water partition coefficient (Wildman–Crippen LogP) is 1.82. The summed E-state index contributed by atoms with van der Waals surface area (Å²) in [4.78, 5) is 4.07. The second-order valence-corrected chi connectivity index (χ2v) is 3.48. The second-order valence-electron chi connectivity index (χ2n) is 3.48. The molecule has 0 amide bonds. The molecule has 0 aliphatic carbocycles. The molecule has 0 atom stereocenters. The highest BCUT2D eigenvalue weighted by Crippen LogP contribution is 2.24. The quantitative estimate of drug-likeness (QED) is 0.844. The second kappa shape index (κ2) is 4.02. The normalized spacial score (nSPS) is 10.8. The van der Waals surface area contributed by atoms with E-state index in [2.05, 4.69) is 4.98 Å². The van der Waals surface area contributed by atoms with E-state index in [-0.39, 0.29) is 12.1 Å². The topological polar surface area (TPSA) is 43.8 Å². The standard InChI is InChI=1S/C11H11F2N3/c1-16-6-15-11(10(16)5-14)8-3-2-7(12)4-9(8)13/h2-4,6H,5,14H2,1H3. The average molecular weight is 223 g/mol. The van der Waals surface area contributed by atoms with Crippen LogP contribution in [0, 0.1) is 11.6 Å². The van der Waals surface area contributed by atoms with Gasteiger partial charge in [0.2, 0.25) is 0 Å². The van der Waals surface area contributed by atoms with E-state index in [9.17, 15) is 8.78 Å². The SMILES string of the molecule is Cn1cnc(-c2ccc(F)cc2F)c1CN. The van der Waals surface area contributed by atoms with Crippen LogP contribution in [0.2, 0.25) is 0 Å². The van der Waals surface area contributed by atoms with Gasteiger partial charge in [-0.3, -0.25) is 0 Å². The minimum Gasteiger partial charge on any atom is -0.336 e. The average Bonchev–Trinajstić information content (AvgIpc) is 2.59. The molecule has 0 saturated carbocycles. The third-order valence-corrected chi connectivity index (χ3v) is 2.44. The monoisotopic (exact) mass is 223 g/mol. The molecule has 1 aromatic heterocycles. The van der Waals surface area contributed by atoms with Crippen molar-refractivity contribution in [3.8, 4) is 11.3 Å². The van der Waals surface area contributed by atoms with Crippen molar-refractivity contribution in [3.63, 3.8) is 0 Å². The van der Waals surface area contributed by atoms with E-state index in [0.29, 0.717) is 11.4 Å². The molecular weight excluding hydrogens is 212 g/mol. The number of nitrogens with two attached hydrogens (primary N) is 1. The van der Waals surface area contributed by atoms with Crippen molar-refractivity contribution >= 4 is 0 Å². The van der Waals surface area contributed by atoms with Crippen molar-refractivity contribution in [2.75, 3.05) is 0 Å². The molecule has 2 aromatic rings. The number of hydrogen-bond donors (Lipinski definition) is 1. The van der Waals surface area contributed by atoms with Gasteiger partial charge in [0.25, 0.3) is 0 Å². The Hall–Kier alpha value is -1.75. The maximum absolute atomic E-state index is 13.5. The molecule has 5 heteroatoms. The number of benzene rings is 1. The Labute approximate surface area is 91.5 Å². The molecular formula is C11H11F2N3. The first-order chi connectivity index (χ1) is 7.63. The fourth-order valence-corrected chi connectivity index (χ4v) is 1.60. The van der Waals surface area contributed by atoms with Gasteiger partial charge in [-0.1, -0.05) is 0 Å². The third kappa shape index (κ3) is 1.69. The van der Waals surface area contributed by atoms with E-state index in [4.69, 9.17) is 5.73 Å². The van der Waals surface area contributed by atoms with E-state index in [1.54, 1.807) is 17.9 Å². The summed E-state index contributed by atoms with van der Waals surface area (Å²) >= 11 is 0. The molecule has 1 heterocycles. The number of halogens is 2. The van der Waals surface area contributed by atoms with Crippen LogP contribution in [0.3, 0.4) is 0 Å². The summed E-state index contributed by atoms with van der Waals surface area (Å²) in [6.07, 6.45) is 1.56. The number of rotatable bonds is 2. The molecule has 1 aromatic carbocycles. The Bertz CT molecular complexity index is 520. The van der Waals surface area contributed by atoms with Gasteiger partial charge < -0.3 is 10.3 Å². The number of nitrogens with zero attached hydrogens (tertiary/aromatic N) is 2. The summed E-state index contributed by atoms with van der Waals surface area (Å²) in [6, 6.07) is 3.41.